The lowest BCUT2D eigenvalue weighted by Crippen LogP contribution is -2.25. The minimum atomic E-state index is -4.67. The van der Waals surface area contributed by atoms with Gasteiger partial charge in [-0.3, -0.25) is 0 Å². The van der Waals surface area contributed by atoms with E-state index in [0.29, 0.717) is 17.5 Å². The van der Waals surface area contributed by atoms with Gasteiger partial charge >= 0.3 is 11.9 Å². The molecule has 0 bridgehead atoms. The fourth-order valence-electron chi connectivity index (χ4n) is 2.86. The monoisotopic (exact) mass is 409 g/mol. The average Bonchev–Trinajstić information content (AvgIpc) is 2.61. The highest BCUT2D eigenvalue weighted by atomic mass is 35.5. The Labute approximate surface area is 162 Å². The zero-order valence-electron chi connectivity index (χ0n) is 14.8. The van der Waals surface area contributed by atoms with E-state index in [1.54, 1.807) is 12.1 Å². The van der Waals surface area contributed by atoms with Gasteiger partial charge in [0.1, 0.15) is 11.5 Å². The van der Waals surface area contributed by atoms with Crippen molar-refractivity contribution in [2.75, 3.05) is 0 Å². The number of hydrogen-bond donors (Lipinski definition) is 0. The second-order valence-corrected chi connectivity index (χ2v) is 6.66. The molecule has 0 atom stereocenters. The van der Waals surface area contributed by atoms with Gasteiger partial charge in [-0.25, -0.2) is 14.3 Å². The standard InChI is InChI=1S/C19H15ClF3N3O2/c1-11(27)5-4-7-14-12-9-10-16(19(21,22)23)25-17(12)26(18(28)24-14)15-8-3-2-6-13(15)20/h2-3,6,8-10H,4-5,7H2,1H3. The van der Waals surface area contributed by atoms with Crippen LogP contribution in [0, 0.1) is 0 Å². The van der Waals surface area contributed by atoms with Gasteiger partial charge in [0.25, 0.3) is 0 Å². The van der Waals surface area contributed by atoms with Gasteiger partial charge in [-0.1, -0.05) is 23.7 Å². The maximum atomic E-state index is 13.2. The minimum absolute atomic E-state index is 0.0220. The maximum Gasteiger partial charge on any atom is 0.433 e. The van der Waals surface area contributed by atoms with E-state index in [4.69, 9.17) is 11.6 Å². The van der Waals surface area contributed by atoms with Crippen LogP contribution in [0.5, 0.6) is 0 Å². The topological polar surface area (TPSA) is 64.8 Å². The molecule has 3 aromatic rings. The second kappa shape index (κ2) is 7.71. The van der Waals surface area contributed by atoms with E-state index < -0.39 is 17.6 Å². The molecule has 5 nitrogen and oxygen atoms in total. The van der Waals surface area contributed by atoms with Crippen molar-refractivity contribution >= 4 is 28.4 Å². The molecule has 0 aliphatic carbocycles. The SMILES string of the molecule is CC(=O)CCCc1nc(=O)n(-c2ccccc2Cl)c2nc(C(F)(F)F)ccc12. The van der Waals surface area contributed by atoms with Gasteiger partial charge < -0.3 is 4.79 Å². The number of Topliss-reactive ketones (excluding diaryl/α,β-unsaturated/α-hetero) is 1. The van der Waals surface area contributed by atoms with Crippen molar-refractivity contribution in [3.63, 3.8) is 0 Å². The Hall–Kier alpha value is -2.74. The number of carbonyl (C=O) groups is 1. The molecular weight excluding hydrogens is 395 g/mol. The Kier molecular flexibility index (Phi) is 5.51. The van der Waals surface area contributed by atoms with Crippen molar-refractivity contribution in [2.24, 2.45) is 0 Å². The highest BCUT2D eigenvalue weighted by molar-refractivity contribution is 6.32. The van der Waals surface area contributed by atoms with Gasteiger partial charge in [0.2, 0.25) is 0 Å². The van der Waals surface area contributed by atoms with E-state index in [0.717, 1.165) is 10.6 Å². The molecule has 2 heterocycles. The summed E-state index contributed by atoms with van der Waals surface area (Å²) >= 11 is 6.14. The predicted octanol–water partition coefficient (Wildman–Crippen LogP) is 4.36. The summed E-state index contributed by atoms with van der Waals surface area (Å²) in [4.78, 5) is 31.6. The van der Waals surface area contributed by atoms with Crippen LogP contribution in [0.3, 0.4) is 0 Å². The van der Waals surface area contributed by atoms with Crippen LogP contribution < -0.4 is 5.69 Å². The van der Waals surface area contributed by atoms with Gasteiger partial charge in [-0.05, 0) is 44.0 Å². The van der Waals surface area contributed by atoms with Crippen LogP contribution in [0.15, 0.2) is 41.2 Å². The molecule has 9 heteroatoms. The number of alkyl halides is 3. The molecule has 0 spiro atoms. The second-order valence-electron chi connectivity index (χ2n) is 6.25. The molecule has 28 heavy (non-hydrogen) atoms. The molecule has 0 saturated carbocycles. The summed E-state index contributed by atoms with van der Waals surface area (Å²) in [6, 6.07) is 8.35. The van der Waals surface area contributed by atoms with Crippen molar-refractivity contribution in [1.29, 1.82) is 0 Å². The minimum Gasteiger partial charge on any atom is -0.300 e. The first-order valence-corrected chi connectivity index (χ1v) is 8.80. The number of hydrogen-bond acceptors (Lipinski definition) is 4. The highest BCUT2D eigenvalue weighted by Crippen LogP contribution is 2.30. The van der Waals surface area contributed by atoms with E-state index >= 15 is 0 Å². The van der Waals surface area contributed by atoms with E-state index in [1.807, 2.05) is 0 Å². The van der Waals surface area contributed by atoms with E-state index in [9.17, 15) is 22.8 Å². The first kappa shape index (κ1) is 20.0. The molecule has 0 fully saturated rings. The highest BCUT2D eigenvalue weighted by Gasteiger charge is 2.33. The number of halogens is 4. The molecule has 0 amide bonds. The normalized spacial score (nSPS) is 11.8. The molecule has 2 aromatic heterocycles. The quantitative estimate of drug-likeness (QED) is 0.628. The number of benzene rings is 1. The van der Waals surface area contributed by atoms with E-state index in [1.165, 1.54) is 25.1 Å². The molecule has 1 aromatic carbocycles. The number of aromatic nitrogens is 3. The number of pyridine rings is 1. The summed E-state index contributed by atoms with van der Waals surface area (Å²) in [5.74, 6) is -0.0220. The first-order chi connectivity index (χ1) is 13.2. The lowest BCUT2D eigenvalue weighted by molar-refractivity contribution is -0.141. The summed E-state index contributed by atoms with van der Waals surface area (Å²) in [6.07, 6.45) is -3.70. The lowest BCUT2D eigenvalue weighted by atomic mass is 10.1. The molecule has 0 aliphatic rings. The largest absolute Gasteiger partial charge is 0.433 e. The molecule has 3 rings (SSSR count). The van der Waals surface area contributed by atoms with Gasteiger partial charge in [0, 0.05) is 11.8 Å². The molecule has 146 valence electrons. The van der Waals surface area contributed by atoms with Crippen molar-refractivity contribution in [3.8, 4) is 5.69 Å². The number of aryl methyl sites for hydroxylation is 1. The molecule has 0 radical (unpaired) electrons. The fraction of sp³-hybridized carbons (Fsp3) is 0.263. The molecule has 0 aliphatic heterocycles. The summed E-state index contributed by atoms with van der Waals surface area (Å²) < 4.78 is 40.6. The summed E-state index contributed by atoms with van der Waals surface area (Å²) in [5.41, 5.74) is -1.60. The van der Waals surface area contributed by atoms with Crippen LogP contribution in [0.4, 0.5) is 13.2 Å². The third kappa shape index (κ3) is 4.06. The Morgan fingerprint density at radius 1 is 1.14 bits per heavy atom. The van der Waals surface area contributed by atoms with Gasteiger partial charge in [-0.15, -0.1) is 0 Å². The average molecular weight is 410 g/mol. The van der Waals surface area contributed by atoms with E-state index in [-0.39, 0.29) is 35.0 Å². The van der Waals surface area contributed by atoms with E-state index in [2.05, 4.69) is 9.97 Å². The van der Waals surface area contributed by atoms with Crippen LogP contribution in [0.2, 0.25) is 5.02 Å². The molecular formula is C19H15ClF3N3O2. The van der Waals surface area contributed by atoms with Gasteiger partial charge in [0.05, 0.1) is 16.4 Å². The molecule has 0 saturated heterocycles. The predicted molar refractivity (Wildman–Crippen MR) is 98.8 cm³/mol. The zero-order valence-corrected chi connectivity index (χ0v) is 15.5. The number of ketones is 1. The van der Waals surface area contributed by atoms with Crippen molar-refractivity contribution in [2.45, 2.75) is 32.4 Å². The van der Waals surface area contributed by atoms with Crippen LogP contribution in [-0.2, 0) is 17.4 Å². The summed E-state index contributed by atoms with van der Waals surface area (Å²) in [6.45, 7) is 1.44. The van der Waals surface area contributed by atoms with Crippen LogP contribution in [0.25, 0.3) is 16.7 Å². The Balaban J connectivity index is 2.27. The van der Waals surface area contributed by atoms with Crippen molar-refractivity contribution in [3.05, 3.63) is 63.3 Å². The number of fused-ring (bicyclic) bond motifs is 1. The Morgan fingerprint density at radius 3 is 2.50 bits per heavy atom. The number of para-hydroxylation sites is 1. The summed E-state index contributed by atoms with van der Waals surface area (Å²) in [7, 11) is 0. The van der Waals surface area contributed by atoms with Crippen LogP contribution in [0.1, 0.15) is 31.2 Å². The lowest BCUT2D eigenvalue weighted by Gasteiger charge is -2.14. The molecule has 0 N–H and O–H groups in total. The van der Waals surface area contributed by atoms with Crippen molar-refractivity contribution in [1.82, 2.24) is 14.5 Å². The number of nitrogens with zero attached hydrogens (tertiary/aromatic N) is 3. The third-order valence-electron chi connectivity index (χ3n) is 4.15. The Morgan fingerprint density at radius 2 is 1.86 bits per heavy atom. The van der Waals surface area contributed by atoms with Crippen LogP contribution >= 0.6 is 11.6 Å². The number of rotatable bonds is 5. The van der Waals surface area contributed by atoms with Crippen molar-refractivity contribution < 1.29 is 18.0 Å². The Bertz CT molecular complexity index is 1110. The smallest absolute Gasteiger partial charge is 0.300 e. The van der Waals surface area contributed by atoms with Crippen LogP contribution in [-0.4, -0.2) is 20.3 Å². The molecule has 0 unspecified atom stereocenters. The van der Waals surface area contributed by atoms with Gasteiger partial charge in [-0.2, -0.15) is 18.2 Å². The summed E-state index contributed by atoms with van der Waals surface area (Å²) in [5, 5.41) is 0.479. The zero-order chi connectivity index (χ0) is 20.5. The first-order valence-electron chi connectivity index (χ1n) is 8.42. The van der Waals surface area contributed by atoms with Gasteiger partial charge in [0.15, 0.2) is 5.65 Å². The fourth-order valence-corrected chi connectivity index (χ4v) is 3.08. The number of carbonyl (C=O) groups excluding carboxylic acids is 1. The third-order valence-corrected chi connectivity index (χ3v) is 4.47. The maximum absolute atomic E-state index is 13.2.